The molecule has 4 saturated carbocycles. The van der Waals surface area contributed by atoms with E-state index >= 15 is 0 Å². The molecular formula is C16H27N3O6. The van der Waals surface area contributed by atoms with Crippen molar-refractivity contribution >= 4 is 0 Å². The Bertz CT molecular complexity index is 574. The molecule has 4 aliphatic rings. The quantitative estimate of drug-likeness (QED) is 0.521. The molecule has 0 aromatic rings. The minimum Gasteiger partial charge on any atom is -0.330 e. The summed E-state index contributed by atoms with van der Waals surface area (Å²) in [5.41, 5.74) is 6.30. The van der Waals surface area contributed by atoms with Crippen molar-refractivity contribution in [1.29, 1.82) is 0 Å². The number of nitrogens with zero attached hydrogens (tertiary/aromatic N) is 2. The molecule has 4 rings (SSSR count). The summed E-state index contributed by atoms with van der Waals surface area (Å²) in [4.78, 5) is 30.7. The Morgan fingerprint density at radius 2 is 1.88 bits per heavy atom. The first-order valence-electron chi connectivity index (χ1n) is 8.90. The molecule has 0 aromatic carbocycles. The van der Waals surface area contributed by atoms with Crippen LogP contribution in [0, 0.1) is 48.3 Å². The van der Waals surface area contributed by atoms with Crippen molar-refractivity contribution in [3.8, 4) is 0 Å². The van der Waals surface area contributed by atoms with Crippen LogP contribution in [0.5, 0.6) is 0 Å². The van der Waals surface area contributed by atoms with Gasteiger partial charge in [-0.25, -0.2) is 0 Å². The van der Waals surface area contributed by atoms with E-state index in [1.165, 1.54) is 6.42 Å². The van der Waals surface area contributed by atoms with Crippen LogP contribution in [0.4, 0.5) is 0 Å². The molecular weight excluding hydrogens is 330 g/mol. The van der Waals surface area contributed by atoms with E-state index < -0.39 is 22.9 Å². The SMILES string of the molecule is CC(C(CO[N+](=O)[O-])O[N+](=O)[O-])C12CC3CC(C)(CC(CN)(C3)C1)C2. The van der Waals surface area contributed by atoms with Crippen molar-refractivity contribution in [2.75, 3.05) is 13.2 Å². The number of hydrogen-bond acceptors (Lipinski definition) is 7. The zero-order valence-corrected chi connectivity index (χ0v) is 14.8. The first kappa shape index (κ1) is 18.2. The maximum Gasteiger partial charge on any atom is 0.294 e. The van der Waals surface area contributed by atoms with Crippen LogP contribution >= 0.6 is 0 Å². The van der Waals surface area contributed by atoms with Crippen LogP contribution in [0.15, 0.2) is 0 Å². The van der Waals surface area contributed by atoms with Gasteiger partial charge in [0.15, 0.2) is 0 Å². The van der Waals surface area contributed by atoms with Crippen molar-refractivity contribution in [2.24, 2.45) is 33.8 Å². The summed E-state index contributed by atoms with van der Waals surface area (Å²) in [5.74, 6) is 0.353. The summed E-state index contributed by atoms with van der Waals surface area (Å²) in [5, 5.41) is 19.7. The third kappa shape index (κ3) is 3.26. The molecule has 0 saturated heterocycles. The fraction of sp³-hybridized carbons (Fsp3) is 1.00. The van der Waals surface area contributed by atoms with E-state index in [2.05, 4.69) is 11.8 Å². The Hall–Kier alpha value is -1.64. The second-order valence-electron chi connectivity index (χ2n) is 9.06. The van der Waals surface area contributed by atoms with Crippen LogP contribution in [0.2, 0.25) is 0 Å². The van der Waals surface area contributed by atoms with Gasteiger partial charge in [-0.3, -0.25) is 0 Å². The largest absolute Gasteiger partial charge is 0.330 e. The van der Waals surface area contributed by atoms with Gasteiger partial charge in [-0.15, -0.1) is 20.2 Å². The maximum absolute atomic E-state index is 10.9. The predicted molar refractivity (Wildman–Crippen MR) is 87.2 cm³/mol. The van der Waals surface area contributed by atoms with E-state index in [9.17, 15) is 20.2 Å². The summed E-state index contributed by atoms with van der Waals surface area (Å²) < 4.78 is 0. The molecule has 0 radical (unpaired) electrons. The van der Waals surface area contributed by atoms with Gasteiger partial charge in [0, 0.05) is 0 Å². The molecule has 4 fully saturated rings. The Morgan fingerprint density at radius 3 is 2.44 bits per heavy atom. The van der Waals surface area contributed by atoms with Crippen molar-refractivity contribution < 1.29 is 19.8 Å². The molecule has 9 heteroatoms. The standard InChI is InChI=1S/C16H27N3O6/c1-11(13(25-19(22)23)6-24-18(20)21)16-5-12-3-14(2,8-16)7-15(4-12,9-16)10-17/h11-13H,3-10,17H2,1-2H3. The third-order valence-corrected chi connectivity index (χ3v) is 7.03. The fourth-order valence-electron chi connectivity index (χ4n) is 6.86. The van der Waals surface area contributed by atoms with Crippen molar-refractivity contribution in [3.05, 3.63) is 20.2 Å². The lowest BCUT2D eigenvalue weighted by Crippen LogP contribution is -2.61. The van der Waals surface area contributed by atoms with Crippen LogP contribution in [0.25, 0.3) is 0 Å². The Morgan fingerprint density at radius 1 is 1.16 bits per heavy atom. The summed E-state index contributed by atoms with van der Waals surface area (Å²) >= 11 is 0. The molecule has 142 valence electrons. The third-order valence-electron chi connectivity index (χ3n) is 7.03. The first-order valence-corrected chi connectivity index (χ1v) is 8.90. The van der Waals surface area contributed by atoms with Gasteiger partial charge in [-0.05, 0) is 73.2 Å². The van der Waals surface area contributed by atoms with Gasteiger partial charge in [-0.2, -0.15) is 0 Å². The average Bonchev–Trinajstić information content (AvgIpc) is 2.48. The minimum absolute atomic E-state index is 0.0888. The second kappa shape index (κ2) is 5.96. The van der Waals surface area contributed by atoms with Crippen LogP contribution in [-0.4, -0.2) is 29.4 Å². The van der Waals surface area contributed by atoms with Gasteiger partial charge in [0.05, 0.1) is 0 Å². The van der Waals surface area contributed by atoms with Crippen LogP contribution in [-0.2, 0) is 9.68 Å². The van der Waals surface area contributed by atoms with Gasteiger partial charge in [0.1, 0.15) is 12.7 Å². The lowest BCUT2D eigenvalue weighted by Gasteiger charge is -2.68. The van der Waals surface area contributed by atoms with Crippen molar-refractivity contribution in [1.82, 2.24) is 0 Å². The van der Waals surface area contributed by atoms with E-state index in [4.69, 9.17) is 10.6 Å². The first-order chi connectivity index (χ1) is 11.6. The number of rotatable bonds is 8. The zero-order valence-electron chi connectivity index (χ0n) is 14.8. The Kier molecular flexibility index (Phi) is 4.33. The molecule has 4 bridgehead atoms. The Labute approximate surface area is 146 Å². The fourth-order valence-corrected chi connectivity index (χ4v) is 6.86. The highest BCUT2D eigenvalue weighted by Gasteiger charge is 2.63. The van der Waals surface area contributed by atoms with Gasteiger partial charge < -0.3 is 15.4 Å². The van der Waals surface area contributed by atoms with E-state index in [0.717, 1.165) is 32.1 Å². The van der Waals surface area contributed by atoms with E-state index in [-0.39, 0.29) is 22.2 Å². The van der Waals surface area contributed by atoms with Crippen LogP contribution < -0.4 is 5.73 Å². The monoisotopic (exact) mass is 357 g/mol. The van der Waals surface area contributed by atoms with Crippen molar-refractivity contribution in [3.63, 3.8) is 0 Å². The van der Waals surface area contributed by atoms with E-state index in [1.807, 2.05) is 6.92 Å². The summed E-state index contributed by atoms with van der Waals surface area (Å²) in [6.07, 6.45) is 5.33. The molecule has 6 unspecified atom stereocenters. The summed E-state index contributed by atoms with van der Waals surface area (Å²) in [6, 6.07) is 0. The average molecular weight is 357 g/mol. The normalized spacial score (nSPS) is 41.2. The predicted octanol–water partition coefficient (Wildman–Crippen LogP) is 2.34. The highest BCUT2D eigenvalue weighted by atomic mass is 17.0. The molecule has 0 spiro atoms. The topological polar surface area (TPSA) is 131 Å². The van der Waals surface area contributed by atoms with Gasteiger partial charge in [0.2, 0.25) is 0 Å². The van der Waals surface area contributed by atoms with Crippen molar-refractivity contribution in [2.45, 2.75) is 58.5 Å². The Balaban J connectivity index is 1.86. The molecule has 0 aromatic heterocycles. The zero-order chi connectivity index (χ0) is 18.5. The summed E-state index contributed by atoms with van der Waals surface area (Å²) in [7, 11) is 0. The highest BCUT2D eigenvalue weighted by Crippen LogP contribution is 2.71. The second-order valence-corrected chi connectivity index (χ2v) is 9.06. The van der Waals surface area contributed by atoms with Crippen LogP contribution in [0.3, 0.4) is 0 Å². The molecule has 0 amide bonds. The lowest BCUT2D eigenvalue weighted by atomic mass is 9.37. The van der Waals surface area contributed by atoms with Gasteiger partial charge in [-0.1, -0.05) is 13.8 Å². The van der Waals surface area contributed by atoms with Crippen LogP contribution in [0.1, 0.15) is 52.4 Å². The molecule has 0 heterocycles. The molecule has 2 N–H and O–H groups in total. The molecule has 0 aliphatic heterocycles. The highest BCUT2D eigenvalue weighted by molar-refractivity contribution is 5.13. The molecule has 9 nitrogen and oxygen atoms in total. The molecule has 4 aliphatic carbocycles. The van der Waals surface area contributed by atoms with E-state index in [1.54, 1.807) is 0 Å². The lowest BCUT2D eigenvalue weighted by molar-refractivity contribution is -0.792. The number of hydrogen-bond donors (Lipinski definition) is 1. The molecule has 6 atom stereocenters. The van der Waals surface area contributed by atoms with Gasteiger partial charge in [0.25, 0.3) is 10.2 Å². The smallest absolute Gasteiger partial charge is 0.294 e. The summed E-state index contributed by atoms with van der Waals surface area (Å²) in [6.45, 7) is 4.41. The maximum atomic E-state index is 10.9. The van der Waals surface area contributed by atoms with Gasteiger partial charge >= 0.3 is 0 Å². The minimum atomic E-state index is -0.949. The van der Waals surface area contributed by atoms with E-state index in [0.29, 0.717) is 12.5 Å². The number of nitrogens with two attached hydrogens (primary N) is 1. The molecule has 25 heavy (non-hydrogen) atoms.